The van der Waals surface area contributed by atoms with Crippen molar-refractivity contribution < 1.29 is 9.59 Å². The third-order valence-electron chi connectivity index (χ3n) is 7.33. The Labute approximate surface area is 201 Å². The molecule has 0 bridgehead atoms. The van der Waals surface area contributed by atoms with Gasteiger partial charge in [-0.05, 0) is 77.6 Å². The first-order chi connectivity index (χ1) is 15.8. The van der Waals surface area contributed by atoms with Crippen LogP contribution in [0.3, 0.4) is 0 Å². The van der Waals surface area contributed by atoms with Crippen LogP contribution in [0, 0.1) is 81.5 Å². The minimum Gasteiger partial charge on any atom is -0.284 e. The van der Waals surface area contributed by atoms with Crippen molar-refractivity contribution in [3.8, 4) is 12.1 Å². The fourth-order valence-corrected chi connectivity index (χ4v) is 5.94. The zero-order chi connectivity index (χ0) is 25.3. The van der Waals surface area contributed by atoms with Crippen molar-refractivity contribution >= 4 is 23.2 Å². The summed E-state index contributed by atoms with van der Waals surface area (Å²) in [5.74, 6) is -2.43. The van der Waals surface area contributed by atoms with Crippen molar-refractivity contribution in [1.82, 2.24) is 0 Å². The lowest BCUT2D eigenvalue weighted by Crippen LogP contribution is -2.70. The Morgan fingerprint density at radius 2 is 0.971 bits per heavy atom. The normalized spacial score (nSPS) is 22.5. The van der Waals surface area contributed by atoms with E-state index in [4.69, 9.17) is 0 Å². The Morgan fingerprint density at radius 3 is 1.24 bits per heavy atom. The molecule has 1 saturated carbocycles. The molecule has 1 aliphatic heterocycles. The van der Waals surface area contributed by atoms with Gasteiger partial charge in [-0.3, -0.25) is 19.4 Å². The molecule has 2 aromatic rings. The predicted molar refractivity (Wildman–Crippen MR) is 131 cm³/mol. The summed E-state index contributed by atoms with van der Waals surface area (Å²) in [4.78, 5) is 31.4. The van der Waals surface area contributed by atoms with E-state index in [0.29, 0.717) is 11.4 Å². The number of nitriles is 2. The number of hydrogen-bond donors (Lipinski definition) is 0. The average Bonchev–Trinajstić information content (AvgIpc) is 3.38. The molecule has 1 saturated heterocycles. The second kappa shape index (κ2) is 7.43. The van der Waals surface area contributed by atoms with E-state index in [-0.39, 0.29) is 11.8 Å². The van der Waals surface area contributed by atoms with E-state index in [2.05, 4.69) is 12.1 Å². The van der Waals surface area contributed by atoms with Crippen LogP contribution in [0.4, 0.5) is 11.4 Å². The number of anilines is 2. The quantitative estimate of drug-likeness (QED) is 0.602. The van der Waals surface area contributed by atoms with E-state index in [0.717, 1.165) is 33.4 Å². The second-order valence-electron chi connectivity index (χ2n) is 10.4. The van der Waals surface area contributed by atoms with Gasteiger partial charge in [0.1, 0.15) is 17.3 Å². The van der Waals surface area contributed by atoms with Crippen molar-refractivity contribution in [3.63, 3.8) is 0 Å². The van der Waals surface area contributed by atoms with Gasteiger partial charge in [-0.2, -0.15) is 10.5 Å². The fourth-order valence-electron chi connectivity index (χ4n) is 5.94. The lowest BCUT2D eigenvalue weighted by molar-refractivity contribution is -0.142. The topological polar surface area (TPSA) is 88.2 Å². The van der Waals surface area contributed by atoms with Crippen molar-refractivity contribution in [1.29, 1.82) is 10.5 Å². The van der Waals surface area contributed by atoms with Gasteiger partial charge in [0.2, 0.25) is 11.8 Å². The maximum absolute atomic E-state index is 14.1. The Kier molecular flexibility index (Phi) is 5.14. The van der Waals surface area contributed by atoms with Crippen molar-refractivity contribution in [2.75, 3.05) is 9.80 Å². The van der Waals surface area contributed by atoms with Gasteiger partial charge in [0, 0.05) is 0 Å². The van der Waals surface area contributed by atoms with Crippen molar-refractivity contribution in [2.45, 2.75) is 61.1 Å². The average molecular weight is 455 g/mol. The van der Waals surface area contributed by atoms with E-state index < -0.39 is 22.9 Å². The van der Waals surface area contributed by atoms with Crippen LogP contribution in [0.2, 0.25) is 0 Å². The highest BCUT2D eigenvalue weighted by molar-refractivity contribution is 6.22. The number of aryl methyl sites for hydroxylation is 6. The first-order valence-electron chi connectivity index (χ1n) is 11.5. The Morgan fingerprint density at radius 1 is 0.676 bits per heavy atom. The molecule has 2 aliphatic rings. The molecule has 174 valence electrons. The highest BCUT2D eigenvalue weighted by Crippen LogP contribution is 2.63. The zero-order valence-electron chi connectivity index (χ0n) is 21.1. The summed E-state index contributed by atoms with van der Waals surface area (Å²) < 4.78 is 0. The molecule has 0 radical (unpaired) electrons. The van der Waals surface area contributed by atoms with Gasteiger partial charge in [-0.1, -0.05) is 35.4 Å². The Bertz CT molecular complexity index is 1190. The number of nitrogens with zero attached hydrogens (tertiary/aromatic N) is 4. The lowest BCUT2D eigenvalue weighted by Gasteiger charge is -2.51. The van der Waals surface area contributed by atoms with Gasteiger partial charge in [0.15, 0.2) is 5.66 Å². The molecule has 0 unspecified atom stereocenters. The molecule has 6 nitrogen and oxygen atoms in total. The fraction of sp³-hybridized carbons (Fsp3) is 0.429. The van der Waals surface area contributed by atoms with Crippen LogP contribution in [0.5, 0.6) is 0 Å². The molecule has 1 spiro atoms. The minimum absolute atomic E-state index is 0.385. The van der Waals surface area contributed by atoms with E-state index in [1.54, 1.807) is 23.6 Å². The van der Waals surface area contributed by atoms with Gasteiger partial charge in [-0.25, -0.2) is 0 Å². The minimum atomic E-state index is -1.40. The van der Waals surface area contributed by atoms with E-state index in [1.165, 1.54) is 0 Å². The van der Waals surface area contributed by atoms with Gasteiger partial charge >= 0.3 is 0 Å². The van der Waals surface area contributed by atoms with E-state index in [1.807, 2.05) is 65.8 Å². The van der Waals surface area contributed by atoms with Gasteiger partial charge in [-0.15, -0.1) is 0 Å². The largest absolute Gasteiger partial charge is 0.284 e. The van der Waals surface area contributed by atoms with E-state index >= 15 is 0 Å². The third kappa shape index (κ3) is 2.85. The summed E-state index contributed by atoms with van der Waals surface area (Å²) in [6, 6.07) is 12.5. The molecular formula is C28H30N4O2. The summed E-state index contributed by atoms with van der Waals surface area (Å²) in [5, 5.41) is 20.3. The summed E-state index contributed by atoms with van der Waals surface area (Å²) in [7, 11) is 0. The zero-order valence-corrected chi connectivity index (χ0v) is 21.1. The molecule has 2 fully saturated rings. The number of benzene rings is 2. The molecule has 2 aromatic carbocycles. The smallest absolute Gasteiger partial charge is 0.244 e. The Balaban J connectivity index is 2.14. The standard InChI is InChI=1S/C28H30N4O2/c1-15-9-17(3)23(18(4)10-15)31-25(33)27(7,8)26(34)32(28(31)21(13-29)22(28)14-30)24-19(5)11-16(2)12-20(24)6/h9-12,21-22H,1-8H3/t21-,22-/m0/s1. The van der Waals surface area contributed by atoms with Crippen LogP contribution < -0.4 is 9.80 Å². The number of amides is 2. The molecule has 0 aromatic heterocycles. The van der Waals surface area contributed by atoms with Crippen LogP contribution >= 0.6 is 0 Å². The van der Waals surface area contributed by atoms with Gasteiger partial charge in [0.25, 0.3) is 0 Å². The van der Waals surface area contributed by atoms with Crippen molar-refractivity contribution in [2.24, 2.45) is 17.3 Å². The number of hydrogen-bond acceptors (Lipinski definition) is 4. The lowest BCUT2D eigenvalue weighted by atomic mass is 9.83. The maximum Gasteiger partial charge on any atom is 0.244 e. The summed E-state index contributed by atoms with van der Waals surface area (Å²) in [6.45, 7) is 15.0. The SMILES string of the molecule is Cc1cc(C)c(N2C(=O)C(C)(C)C(=O)N(c3c(C)cc(C)cc3C)C23[C@@H](C#N)[C@@H]3C#N)c(C)c1. The number of rotatable bonds is 2. The van der Waals surface area contributed by atoms with Crippen LogP contribution in [-0.2, 0) is 9.59 Å². The second-order valence-corrected chi connectivity index (χ2v) is 10.4. The molecule has 4 rings (SSSR count). The van der Waals surface area contributed by atoms with Crippen LogP contribution in [0.15, 0.2) is 24.3 Å². The monoisotopic (exact) mass is 454 g/mol. The molecule has 34 heavy (non-hydrogen) atoms. The van der Waals surface area contributed by atoms with Gasteiger partial charge in [0.05, 0.1) is 23.5 Å². The molecular weight excluding hydrogens is 424 g/mol. The summed E-state index contributed by atoms with van der Waals surface area (Å²) in [5.41, 5.74) is 4.15. The number of carbonyl (C=O) groups excluding carboxylic acids is 2. The van der Waals surface area contributed by atoms with E-state index in [9.17, 15) is 20.1 Å². The molecule has 2 amide bonds. The predicted octanol–water partition coefficient (Wildman–Crippen LogP) is 4.93. The summed E-state index contributed by atoms with van der Waals surface area (Å²) in [6.07, 6.45) is 0. The Hall–Kier alpha value is -3.64. The molecule has 1 aliphatic carbocycles. The number of carbonyl (C=O) groups is 2. The first kappa shape index (κ1) is 23.5. The van der Waals surface area contributed by atoms with Crippen LogP contribution in [-0.4, -0.2) is 17.5 Å². The maximum atomic E-state index is 14.1. The molecule has 1 heterocycles. The molecule has 6 heteroatoms. The highest BCUT2D eigenvalue weighted by Gasteiger charge is 2.80. The molecule has 2 atom stereocenters. The van der Waals surface area contributed by atoms with Crippen LogP contribution in [0.1, 0.15) is 47.2 Å². The first-order valence-corrected chi connectivity index (χ1v) is 11.5. The van der Waals surface area contributed by atoms with Gasteiger partial charge < -0.3 is 0 Å². The van der Waals surface area contributed by atoms with Crippen molar-refractivity contribution in [3.05, 3.63) is 57.6 Å². The van der Waals surface area contributed by atoms with Crippen LogP contribution in [0.25, 0.3) is 0 Å². The highest BCUT2D eigenvalue weighted by atomic mass is 16.2. The summed E-state index contributed by atoms with van der Waals surface area (Å²) >= 11 is 0. The molecule has 0 N–H and O–H groups in total. The third-order valence-corrected chi connectivity index (χ3v) is 7.33.